The maximum absolute atomic E-state index is 14.3. The molecule has 4 rings (SSSR count). The summed E-state index contributed by atoms with van der Waals surface area (Å²) >= 11 is 0. The zero-order valence-electron chi connectivity index (χ0n) is 25.3. The van der Waals surface area contributed by atoms with E-state index in [4.69, 9.17) is 0 Å². The highest BCUT2D eigenvalue weighted by Crippen LogP contribution is 2.29. The Morgan fingerprint density at radius 3 is 2.51 bits per heavy atom. The Bertz CT molecular complexity index is 1740. The molecule has 1 fully saturated rings. The molecular formula is C31H33F4N5O7. The number of nitrogens with zero attached hydrogens (tertiary/aromatic N) is 3. The molecule has 1 aliphatic heterocycles. The number of likely N-dealkylation sites (tertiary alicyclic amines) is 1. The standard InChI is InChI=1S/C31H33F4N5O7/c1-47-29(44)37-23(7-2-3-9-25(41)38-12-4-5-13-38)27(42)36-24-8-6-14-39(28(24)43)18-22-17-20-16-21(32)15-19(10-11-31(33,34)35)26(20)40(22)30(45)46/h3,6,8-9,14-17,23H,2,4-5,7,10-13,18H2,1H3,(H,36,42)(H,37,44)(H,45,46). The summed E-state index contributed by atoms with van der Waals surface area (Å²) in [4.78, 5) is 64.6. The van der Waals surface area contributed by atoms with Gasteiger partial charge < -0.3 is 29.9 Å². The van der Waals surface area contributed by atoms with Crippen LogP contribution in [0.3, 0.4) is 0 Å². The monoisotopic (exact) mass is 663 g/mol. The van der Waals surface area contributed by atoms with Gasteiger partial charge in [0, 0.05) is 31.1 Å². The highest BCUT2D eigenvalue weighted by atomic mass is 19.4. The first-order valence-corrected chi connectivity index (χ1v) is 14.7. The smallest absolute Gasteiger partial charge is 0.416 e. The number of aryl methyl sites for hydroxylation is 1. The molecule has 0 bridgehead atoms. The fourth-order valence-corrected chi connectivity index (χ4v) is 5.36. The van der Waals surface area contributed by atoms with E-state index in [0.717, 1.165) is 36.7 Å². The van der Waals surface area contributed by atoms with Crippen LogP contribution in [0.15, 0.2) is 53.5 Å². The lowest BCUT2D eigenvalue weighted by atomic mass is 10.1. The Balaban J connectivity index is 1.55. The first-order valence-electron chi connectivity index (χ1n) is 14.7. The van der Waals surface area contributed by atoms with E-state index in [2.05, 4.69) is 15.4 Å². The molecule has 252 valence electrons. The van der Waals surface area contributed by atoms with E-state index in [1.165, 1.54) is 30.5 Å². The second-order valence-corrected chi connectivity index (χ2v) is 10.9. The lowest BCUT2D eigenvalue weighted by Crippen LogP contribution is -2.44. The van der Waals surface area contributed by atoms with E-state index in [9.17, 15) is 46.6 Å². The average molecular weight is 664 g/mol. The number of alkyl halides is 3. The lowest BCUT2D eigenvalue weighted by Gasteiger charge is -2.17. The molecule has 1 aromatic carbocycles. The third kappa shape index (κ3) is 8.98. The van der Waals surface area contributed by atoms with Crippen LogP contribution in [0.2, 0.25) is 0 Å². The predicted molar refractivity (Wildman–Crippen MR) is 162 cm³/mol. The number of carbonyl (C=O) groups is 4. The Morgan fingerprint density at radius 2 is 1.85 bits per heavy atom. The van der Waals surface area contributed by atoms with Crippen LogP contribution in [-0.2, 0) is 27.3 Å². The van der Waals surface area contributed by atoms with Gasteiger partial charge in [0.2, 0.25) is 11.8 Å². The summed E-state index contributed by atoms with van der Waals surface area (Å²) in [5, 5.41) is 14.8. The number of hydrogen-bond donors (Lipinski definition) is 3. The van der Waals surface area contributed by atoms with Crippen LogP contribution >= 0.6 is 0 Å². The van der Waals surface area contributed by atoms with Gasteiger partial charge in [-0.25, -0.2) is 18.5 Å². The van der Waals surface area contributed by atoms with E-state index >= 15 is 0 Å². The molecule has 47 heavy (non-hydrogen) atoms. The zero-order chi connectivity index (χ0) is 34.3. The van der Waals surface area contributed by atoms with Crippen molar-refractivity contribution in [3.63, 3.8) is 0 Å². The van der Waals surface area contributed by atoms with E-state index in [0.29, 0.717) is 17.7 Å². The van der Waals surface area contributed by atoms with Crippen LogP contribution in [-0.4, -0.2) is 75.6 Å². The third-order valence-electron chi connectivity index (χ3n) is 7.59. The molecule has 1 unspecified atom stereocenters. The molecule has 3 N–H and O–H groups in total. The Labute approximate surface area is 265 Å². The molecule has 0 spiro atoms. The van der Waals surface area contributed by atoms with Crippen molar-refractivity contribution in [1.29, 1.82) is 0 Å². The van der Waals surface area contributed by atoms with E-state index < -0.39 is 61.1 Å². The number of fused-ring (bicyclic) bond motifs is 1. The van der Waals surface area contributed by atoms with E-state index in [1.54, 1.807) is 11.0 Å². The number of nitrogens with one attached hydrogen (secondary N) is 2. The second kappa shape index (κ2) is 15.0. The first kappa shape index (κ1) is 34.7. The van der Waals surface area contributed by atoms with Gasteiger partial charge in [0.1, 0.15) is 17.5 Å². The van der Waals surface area contributed by atoms with Gasteiger partial charge in [-0.1, -0.05) is 6.08 Å². The second-order valence-electron chi connectivity index (χ2n) is 10.9. The summed E-state index contributed by atoms with van der Waals surface area (Å²) in [5.74, 6) is -1.78. The number of rotatable bonds is 11. The number of benzene rings is 1. The quantitative estimate of drug-likeness (QED) is 0.200. The summed E-state index contributed by atoms with van der Waals surface area (Å²) in [5.41, 5.74) is -1.33. The number of carbonyl (C=O) groups excluding carboxylic acids is 3. The molecule has 3 aromatic rings. The van der Waals surface area contributed by atoms with Crippen molar-refractivity contribution in [3.8, 4) is 0 Å². The minimum Gasteiger partial charge on any atom is -0.464 e. The van der Waals surface area contributed by atoms with Crippen LogP contribution in [0.4, 0.5) is 32.8 Å². The molecule has 3 amide bonds. The predicted octanol–water partition coefficient (Wildman–Crippen LogP) is 4.63. The van der Waals surface area contributed by atoms with Gasteiger partial charge in [-0.2, -0.15) is 13.2 Å². The van der Waals surface area contributed by atoms with Crippen LogP contribution in [0.25, 0.3) is 10.9 Å². The summed E-state index contributed by atoms with van der Waals surface area (Å²) < 4.78 is 59.4. The number of anilines is 1. The minimum atomic E-state index is -4.56. The van der Waals surface area contributed by atoms with Crippen molar-refractivity contribution < 1.29 is 46.6 Å². The van der Waals surface area contributed by atoms with Gasteiger partial charge in [-0.3, -0.25) is 14.4 Å². The van der Waals surface area contributed by atoms with Crippen molar-refractivity contribution in [2.75, 3.05) is 25.5 Å². The maximum Gasteiger partial charge on any atom is 0.416 e. The summed E-state index contributed by atoms with van der Waals surface area (Å²) in [6.45, 7) is 0.948. The van der Waals surface area contributed by atoms with Crippen molar-refractivity contribution in [2.24, 2.45) is 0 Å². The normalized spacial score (nSPS) is 14.0. The van der Waals surface area contributed by atoms with Gasteiger partial charge in [-0.05, 0) is 74.1 Å². The van der Waals surface area contributed by atoms with Crippen LogP contribution < -0.4 is 16.2 Å². The zero-order valence-corrected chi connectivity index (χ0v) is 25.3. The molecule has 2 aromatic heterocycles. The summed E-state index contributed by atoms with van der Waals surface area (Å²) in [6, 6.07) is 4.62. The number of pyridine rings is 1. The topological polar surface area (TPSA) is 152 Å². The summed E-state index contributed by atoms with van der Waals surface area (Å²) in [6.07, 6.45) is -2.55. The fourth-order valence-electron chi connectivity index (χ4n) is 5.36. The number of halogens is 4. The number of ether oxygens (including phenoxy) is 1. The van der Waals surface area contributed by atoms with Crippen molar-refractivity contribution in [1.82, 2.24) is 19.4 Å². The number of hydrogen-bond acceptors (Lipinski definition) is 6. The maximum atomic E-state index is 14.3. The number of alkyl carbamates (subject to hydrolysis) is 1. The number of carboxylic acid groups (broad SMARTS) is 1. The molecule has 0 radical (unpaired) electrons. The molecule has 12 nitrogen and oxygen atoms in total. The molecule has 3 heterocycles. The SMILES string of the molecule is COC(=O)NC(CCC=CC(=O)N1CCCC1)C(=O)Nc1cccn(Cc2cc3cc(F)cc(CCC(F)(F)F)c3n2C(=O)O)c1=O. The van der Waals surface area contributed by atoms with Crippen LogP contribution in [0.1, 0.15) is 43.4 Å². The number of allylic oxidation sites excluding steroid dienone is 1. The largest absolute Gasteiger partial charge is 0.464 e. The molecule has 0 aliphatic carbocycles. The number of aromatic nitrogens is 2. The fraction of sp³-hybridized carbons (Fsp3) is 0.387. The van der Waals surface area contributed by atoms with Crippen molar-refractivity contribution >= 4 is 40.6 Å². The minimum absolute atomic E-state index is 0.0324. The molecular weight excluding hydrogens is 630 g/mol. The molecule has 1 atom stereocenters. The average Bonchev–Trinajstić information content (AvgIpc) is 3.67. The van der Waals surface area contributed by atoms with Crippen LogP contribution in [0.5, 0.6) is 0 Å². The highest BCUT2D eigenvalue weighted by Gasteiger charge is 2.28. The van der Waals surface area contributed by atoms with E-state index in [-0.39, 0.29) is 46.6 Å². The molecule has 1 aliphatic rings. The van der Waals surface area contributed by atoms with E-state index in [1.807, 2.05) is 0 Å². The Kier molecular flexibility index (Phi) is 11.1. The third-order valence-corrected chi connectivity index (χ3v) is 7.59. The molecule has 0 saturated carbocycles. The van der Waals surface area contributed by atoms with Gasteiger partial charge in [0.15, 0.2) is 0 Å². The van der Waals surface area contributed by atoms with Gasteiger partial charge >= 0.3 is 18.4 Å². The van der Waals surface area contributed by atoms with Gasteiger partial charge in [-0.15, -0.1) is 0 Å². The van der Waals surface area contributed by atoms with Gasteiger partial charge in [0.25, 0.3) is 5.56 Å². The Hall–Kier alpha value is -5.15. The number of methoxy groups -OCH3 is 1. The van der Waals surface area contributed by atoms with Crippen molar-refractivity contribution in [2.45, 2.75) is 57.3 Å². The van der Waals surface area contributed by atoms with Crippen LogP contribution in [0, 0.1) is 5.82 Å². The van der Waals surface area contributed by atoms with Gasteiger partial charge in [0.05, 0.1) is 24.9 Å². The first-order chi connectivity index (χ1) is 22.3. The lowest BCUT2D eigenvalue weighted by molar-refractivity contribution is -0.134. The summed E-state index contributed by atoms with van der Waals surface area (Å²) in [7, 11) is 1.11. The Morgan fingerprint density at radius 1 is 1.13 bits per heavy atom. The number of amides is 3. The molecule has 16 heteroatoms. The van der Waals surface area contributed by atoms with Crippen molar-refractivity contribution in [3.05, 3.63) is 76.1 Å². The highest BCUT2D eigenvalue weighted by molar-refractivity contribution is 5.96. The molecule has 1 saturated heterocycles.